The quantitative estimate of drug-likeness (QED) is 0.543. The molecule has 0 amide bonds. The average Bonchev–Trinajstić information content (AvgIpc) is 2.37. The lowest BCUT2D eigenvalue weighted by Gasteiger charge is -2.17. The van der Waals surface area contributed by atoms with E-state index >= 15 is 0 Å². The van der Waals surface area contributed by atoms with Crippen molar-refractivity contribution >= 4 is 29.8 Å². The first-order valence-electron chi connectivity index (χ1n) is 5.80. The van der Waals surface area contributed by atoms with E-state index in [1.54, 1.807) is 0 Å². The van der Waals surface area contributed by atoms with Crippen molar-refractivity contribution in [2.45, 2.75) is 16.2 Å². The molecule has 10 heteroatoms. The van der Waals surface area contributed by atoms with Crippen LogP contribution in [-0.4, -0.2) is 48.4 Å². The molecule has 0 spiro atoms. The van der Waals surface area contributed by atoms with Gasteiger partial charge >= 0.3 is 0 Å². The summed E-state index contributed by atoms with van der Waals surface area (Å²) >= 11 is 0. The first-order valence-corrected chi connectivity index (χ1v) is 9.55. The van der Waals surface area contributed by atoms with Gasteiger partial charge in [0.05, 0.1) is 4.90 Å². The molecule has 0 unspecified atom stereocenters. The number of ether oxygens (including phenoxy) is 1. The molecule has 0 radical (unpaired) electrons. The molecule has 0 aliphatic heterocycles. The third kappa shape index (κ3) is 4.62. The van der Waals surface area contributed by atoms with Crippen LogP contribution >= 0.6 is 10.7 Å². The predicted octanol–water partition coefficient (Wildman–Crippen LogP) is 1.41. The number of methoxy groups -OCH3 is 1. The third-order valence-corrected chi connectivity index (χ3v) is 5.94. The van der Waals surface area contributed by atoms with Crippen LogP contribution < -0.4 is 0 Å². The number of benzene rings is 1. The Bertz CT molecular complexity index is 705. The Morgan fingerprint density at radius 2 is 1.90 bits per heavy atom. The van der Waals surface area contributed by atoms with Gasteiger partial charge < -0.3 is 4.74 Å². The van der Waals surface area contributed by atoms with Crippen LogP contribution in [0.15, 0.2) is 28.0 Å². The Morgan fingerprint density at radius 3 is 2.38 bits per heavy atom. The molecule has 6 nitrogen and oxygen atoms in total. The van der Waals surface area contributed by atoms with Crippen molar-refractivity contribution in [3.63, 3.8) is 0 Å². The molecule has 0 bridgehead atoms. The fourth-order valence-electron chi connectivity index (χ4n) is 1.56. The van der Waals surface area contributed by atoms with Crippen LogP contribution in [0.4, 0.5) is 4.39 Å². The van der Waals surface area contributed by atoms with Crippen molar-refractivity contribution in [2.24, 2.45) is 0 Å². The van der Waals surface area contributed by atoms with Gasteiger partial charge in [-0.2, -0.15) is 0 Å². The zero-order valence-electron chi connectivity index (χ0n) is 11.4. The minimum absolute atomic E-state index is 0.144. The lowest BCUT2D eigenvalue weighted by Crippen LogP contribution is -2.29. The number of nitrogens with zero attached hydrogens (tertiary/aromatic N) is 1. The van der Waals surface area contributed by atoms with Gasteiger partial charge in [0, 0.05) is 38.0 Å². The van der Waals surface area contributed by atoms with Crippen LogP contribution in [0.2, 0.25) is 0 Å². The van der Waals surface area contributed by atoms with Crippen LogP contribution in [0.3, 0.4) is 0 Å². The molecule has 1 aromatic rings. The van der Waals surface area contributed by atoms with Crippen LogP contribution in [0.25, 0.3) is 0 Å². The molecule has 0 atom stereocenters. The first-order chi connectivity index (χ1) is 9.60. The third-order valence-electron chi connectivity index (χ3n) is 2.69. The van der Waals surface area contributed by atoms with Crippen molar-refractivity contribution in [2.75, 3.05) is 27.3 Å². The Hall–Kier alpha value is -0.740. The molecule has 0 N–H and O–H groups in total. The highest BCUT2D eigenvalue weighted by Gasteiger charge is 2.25. The largest absolute Gasteiger partial charge is 0.385 e. The van der Waals surface area contributed by atoms with Crippen molar-refractivity contribution in [1.82, 2.24) is 4.31 Å². The van der Waals surface area contributed by atoms with Gasteiger partial charge in [-0.05, 0) is 24.6 Å². The van der Waals surface area contributed by atoms with Gasteiger partial charge in [0.2, 0.25) is 10.0 Å². The second-order valence-electron chi connectivity index (χ2n) is 4.20. The highest BCUT2D eigenvalue weighted by molar-refractivity contribution is 8.13. The molecule has 21 heavy (non-hydrogen) atoms. The van der Waals surface area contributed by atoms with Gasteiger partial charge in [0.15, 0.2) is 0 Å². The van der Waals surface area contributed by atoms with Gasteiger partial charge in [-0.1, -0.05) is 0 Å². The van der Waals surface area contributed by atoms with E-state index in [0.717, 1.165) is 16.4 Å². The summed E-state index contributed by atoms with van der Waals surface area (Å²) in [5.41, 5.74) is 0. The highest BCUT2D eigenvalue weighted by atomic mass is 35.7. The maximum atomic E-state index is 13.9. The van der Waals surface area contributed by atoms with Crippen LogP contribution in [0, 0.1) is 5.82 Å². The molecule has 1 rings (SSSR count). The number of hydrogen-bond acceptors (Lipinski definition) is 5. The Morgan fingerprint density at radius 1 is 1.29 bits per heavy atom. The SMILES string of the molecule is COCCCN(C)S(=O)(=O)c1ccc(S(=O)(=O)Cl)cc1F. The minimum Gasteiger partial charge on any atom is -0.385 e. The van der Waals surface area contributed by atoms with E-state index < -0.39 is 34.7 Å². The summed E-state index contributed by atoms with van der Waals surface area (Å²) in [4.78, 5) is -1.10. The van der Waals surface area contributed by atoms with E-state index in [1.165, 1.54) is 14.2 Å². The van der Waals surface area contributed by atoms with Gasteiger partial charge in [-0.15, -0.1) is 0 Å². The molecule has 0 aromatic heterocycles. The van der Waals surface area contributed by atoms with Crippen LogP contribution in [0.1, 0.15) is 6.42 Å². The first kappa shape index (κ1) is 18.3. The molecule has 0 saturated heterocycles. The normalized spacial score (nSPS) is 12.8. The van der Waals surface area contributed by atoms with E-state index in [0.29, 0.717) is 19.1 Å². The van der Waals surface area contributed by atoms with Gasteiger partial charge in [0.25, 0.3) is 9.05 Å². The number of hydrogen-bond donors (Lipinski definition) is 0. The van der Waals surface area contributed by atoms with Crippen molar-refractivity contribution in [3.8, 4) is 0 Å². The minimum atomic E-state index is -4.12. The number of halogens is 2. The molecule has 120 valence electrons. The zero-order chi connectivity index (χ0) is 16.3. The Labute approximate surface area is 127 Å². The monoisotopic (exact) mass is 359 g/mol. The maximum absolute atomic E-state index is 13.9. The van der Waals surface area contributed by atoms with E-state index in [1.807, 2.05) is 0 Å². The standard InChI is InChI=1S/C11H15ClFNO5S2/c1-14(6-3-7-19-2)21(17,18)11-5-4-9(8-10(11)13)20(12,15)16/h4-5,8H,3,6-7H2,1-2H3. The molecule has 0 saturated carbocycles. The fraction of sp³-hybridized carbons (Fsp3) is 0.455. The zero-order valence-corrected chi connectivity index (χ0v) is 13.8. The molecular weight excluding hydrogens is 345 g/mol. The van der Waals surface area contributed by atoms with Crippen molar-refractivity contribution in [1.29, 1.82) is 0 Å². The fourth-order valence-corrected chi connectivity index (χ4v) is 3.58. The highest BCUT2D eigenvalue weighted by Crippen LogP contribution is 2.23. The maximum Gasteiger partial charge on any atom is 0.261 e. The lowest BCUT2D eigenvalue weighted by molar-refractivity contribution is 0.189. The molecule has 0 aliphatic carbocycles. The van der Waals surface area contributed by atoms with Crippen LogP contribution in [-0.2, 0) is 23.8 Å². The summed E-state index contributed by atoms with van der Waals surface area (Å²) in [7, 11) is -0.302. The summed E-state index contributed by atoms with van der Waals surface area (Å²) in [5.74, 6) is -1.17. The van der Waals surface area contributed by atoms with Gasteiger partial charge in [-0.3, -0.25) is 0 Å². The van der Waals surface area contributed by atoms with E-state index in [4.69, 9.17) is 15.4 Å². The average molecular weight is 360 g/mol. The molecule has 0 fully saturated rings. The smallest absolute Gasteiger partial charge is 0.261 e. The summed E-state index contributed by atoms with van der Waals surface area (Å²) in [6.45, 7) is 0.511. The summed E-state index contributed by atoms with van der Waals surface area (Å²) in [6.07, 6.45) is 0.446. The number of rotatable bonds is 7. The molecular formula is C11H15ClFNO5S2. The predicted molar refractivity (Wildman–Crippen MR) is 75.7 cm³/mol. The second-order valence-corrected chi connectivity index (χ2v) is 8.78. The van der Waals surface area contributed by atoms with E-state index in [-0.39, 0.29) is 6.54 Å². The van der Waals surface area contributed by atoms with Gasteiger partial charge in [-0.25, -0.2) is 25.5 Å². The topological polar surface area (TPSA) is 80.8 Å². The molecule has 0 heterocycles. The second kappa shape index (κ2) is 7.01. The summed E-state index contributed by atoms with van der Waals surface area (Å²) in [6, 6.07) is 2.41. The summed E-state index contributed by atoms with van der Waals surface area (Å²) < 4.78 is 66.2. The summed E-state index contributed by atoms with van der Waals surface area (Å²) in [5, 5.41) is 0. The van der Waals surface area contributed by atoms with Crippen molar-refractivity contribution in [3.05, 3.63) is 24.0 Å². The molecule has 1 aromatic carbocycles. The van der Waals surface area contributed by atoms with E-state index in [9.17, 15) is 21.2 Å². The number of sulfonamides is 1. The Balaban J connectivity index is 3.09. The van der Waals surface area contributed by atoms with E-state index in [2.05, 4.69) is 0 Å². The van der Waals surface area contributed by atoms with Crippen LogP contribution in [0.5, 0.6) is 0 Å². The molecule has 0 aliphatic rings. The van der Waals surface area contributed by atoms with Crippen molar-refractivity contribution < 1.29 is 26.0 Å². The lowest BCUT2D eigenvalue weighted by atomic mass is 10.3. The Kier molecular flexibility index (Phi) is 6.11. The van der Waals surface area contributed by atoms with Gasteiger partial charge in [0.1, 0.15) is 10.7 Å².